The summed E-state index contributed by atoms with van der Waals surface area (Å²) in [6.07, 6.45) is 4.34. The second-order valence-electron chi connectivity index (χ2n) is 1.96. The largest absolute Gasteiger partial charge is 0.245 e. The fraction of sp³-hybridized carbons (Fsp3) is 0.125. The van der Waals surface area contributed by atoms with Gasteiger partial charge < -0.3 is 0 Å². The fourth-order valence-electron chi connectivity index (χ4n) is 0.735. The number of hydrogen-bond acceptors (Lipinski definition) is 1. The second-order valence-corrected chi connectivity index (χ2v) is 2.35. The molecule has 10 heavy (non-hydrogen) atoms. The molecule has 51 valence electrons. The zero-order valence-electron chi connectivity index (χ0n) is 5.58. The van der Waals surface area contributed by atoms with Crippen molar-refractivity contribution in [3.05, 3.63) is 36.5 Å². The Morgan fingerprint density at radius 1 is 1.70 bits per heavy atom. The first-order valence-electron chi connectivity index (χ1n) is 3.06. The number of pyridine rings is 1. The van der Waals surface area contributed by atoms with Crippen molar-refractivity contribution in [1.29, 1.82) is 0 Å². The van der Waals surface area contributed by atoms with Crippen LogP contribution in [0.2, 0.25) is 0 Å². The summed E-state index contributed by atoms with van der Waals surface area (Å²) < 4.78 is 0. The van der Waals surface area contributed by atoms with E-state index in [-0.39, 0.29) is 0 Å². The zero-order valence-corrected chi connectivity index (χ0v) is 6.40. The maximum absolute atomic E-state index is 4.96. The van der Waals surface area contributed by atoms with Gasteiger partial charge in [-0.1, -0.05) is 24.8 Å². The number of rotatable bonds is 2. The van der Waals surface area contributed by atoms with Crippen molar-refractivity contribution in [2.45, 2.75) is 11.4 Å². The van der Waals surface area contributed by atoms with Gasteiger partial charge in [0.2, 0.25) is 0 Å². The summed E-state index contributed by atoms with van der Waals surface area (Å²) in [5.74, 6) is 0. The van der Waals surface area contributed by atoms with Crippen molar-refractivity contribution in [1.82, 2.24) is 4.98 Å². The van der Waals surface area contributed by atoms with E-state index in [4.69, 9.17) is 12.6 Å². The minimum Gasteiger partial charge on any atom is -0.245 e. The van der Waals surface area contributed by atoms with Gasteiger partial charge in [-0.05, 0) is 18.1 Å². The van der Waals surface area contributed by atoms with Gasteiger partial charge in [-0.15, -0.1) is 6.58 Å². The molecule has 1 rings (SSSR count). The Balaban J connectivity index is 2.91. The Labute approximate surface area is 66.2 Å². The highest BCUT2D eigenvalue weighted by molar-refractivity contribution is 7.80. The van der Waals surface area contributed by atoms with Crippen molar-refractivity contribution in [3.8, 4) is 0 Å². The van der Waals surface area contributed by atoms with Crippen LogP contribution >= 0.6 is 12.6 Å². The lowest BCUT2D eigenvalue weighted by Crippen LogP contribution is -1.85. The van der Waals surface area contributed by atoms with Crippen LogP contribution in [0.3, 0.4) is 0 Å². The minimum absolute atomic E-state index is 0.683. The van der Waals surface area contributed by atoms with Gasteiger partial charge in [-0.2, -0.15) is 0 Å². The molecule has 0 spiro atoms. The molecule has 0 aliphatic carbocycles. The standard InChI is InChI=1S/C8H8NS/c1-2-4-7-5-3-6-9-8(7)10/h2-3,5-6H,1,4H2. The van der Waals surface area contributed by atoms with Crippen LogP contribution < -0.4 is 0 Å². The summed E-state index contributed by atoms with van der Waals surface area (Å²) in [6, 6.07) is 3.85. The molecule has 1 heterocycles. The Kier molecular flexibility index (Phi) is 2.40. The molecule has 0 saturated carbocycles. The normalized spacial score (nSPS) is 9.20. The third-order valence-electron chi connectivity index (χ3n) is 1.21. The van der Waals surface area contributed by atoms with Gasteiger partial charge in [-0.3, -0.25) is 0 Å². The molecule has 0 fully saturated rings. The van der Waals surface area contributed by atoms with E-state index >= 15 is 0 Å². The molecule has 1 aromatic heterocycles. The molecule has 0 aliphatic heterocycles. The molecule has 1 aromatic rings. The number of hydrogen-bond donors (Lipinski definition) is 0. The maximum Gasteiger partial charge on any atom is 0.129 e. The Bertz CT molecular complexity index is 232. The Morgan fingerprint density at radius 2 is 2.50 bits per heavy atom. The molecular formula is C8H8NS. The van der Waals surface area contributed by atoms with E-state index in [9.17, 15) is 0 Å². The number of aromatic nitrogens is 1. The van der Waals surface area contributed by atoms with E-state index in [0.717, 1.165) is 12.0 Å². The molecule has 1 radical (unpaired) electrons. The van der Waals surface area contributed by atoms with Gasteiger partial charge >= 0.3 is 0 Å². The molecule has 0 atom stereocenters. The first-order valence-corrected chi connectivity index (χ1v) is 3.47. The van der Waals surface area contributed by atoms with E-state index in [1.807, 2.05) is 18.2 Å². The van der Waals surface area contributed by atoms with Crippen molar-refractivity contribution in [2.75, 3.05) is 0 Å². The van der Waals surface area contributed by atoms with Gasteiger partial charge in [0.15, 0.2) is 0 Å². The molecule has 0 amide bonds. The Hall–Kier alpha value is -0.890. The lowest BCUT2D eigenvalue weighted by Gasteiger charge is -1.96. The first-order chi connectivity index (χ1) is 4.84. The third kappa shape index (κ3) is 1.54. The summed E-state index contributed by atoms with van der Waals surface area (Å²) in [6.45, 7) is 3.62. The predicted octanol–water partition coefficient (Wildman–Crippen LogP) is 2.37. The quantitative estimate of drug-likeness (QED) is 0.590. The van der Waals surface area contributed by atoms with Crippen molar-refractivity contribution < 1.29 is 0 Å². The molecule has 2 heteroatoms. The summed E-state index contributed by atoms with van der Waals surface area (Å²) >= 11 is 4.96. The van der Waals surface area contributed by atoms with Gasteiger partial charge in [0.25, 0.3) is 0 Å². The average Bonchev–Trinajstić information content (AvgIpc) is 1.94. The number of allylic oxidation sites excluding steroid dienone is 1. The van der Waals surface area contributed by atoms with Crippen LogP contribution in [-0.2, 0) is 6.42 Å². The highest BCUT2D eigenvalue weighted by Gasteiger charge is 1.94. The van der Waals surface area contributed by atoms with Gasteiger partial charge in [-0.25, -0.2) is 4.98 Å². The van der Waals surface area contributed by atoms with Crippen LogP contribution in [0, 0.1) is 0 Å². The van der Waals surface area contributed by atoms with E-state index in [1.165, 1.54) is 0 Å². The molecule has 0 N–H and O–H groups in total. The van der Waals surface area contributed by atoms with Crippen LogP contribution in [0.25, 0.3) is 0 Å². The lowest BCUT2D eigenvalue weighted by molar-refractivity contribution is 1.05. The monoisotopic (exact) mass is 150 g/mol. The summed E-state index contributed by atoms with van der Waals surface area (Å²) in [7, 11) is 0. The molecule has 0 aliphatic rings. The van der Waals surface area contributed by atoms with Crippen molar-refractivity contribution in [2.24, 2.45) is 0 Å². The lowest BCUT2D eigenvalue weighted by atomic mass is 10.2. The topological polar surface area (TPSA) is 12.9 Å². The van der Waals surface area contributed by atoms with E-state index in [1.54, 1.807) is 6.20 Å². The fourth-order valence-corrected chi connectivity index (χ4v) is 0.947. The summed E-state index contributed by atoms with van der Waals surface area (Å²) in [5.41, 5.74) is 1.08. The molecular weight excluding hydrogens is 142 g/mol. The minimum atomic E-state index is 0.683. The van der Waals surface area contributed by atoms with Gasteiger partial charge in [0, 0.05) is 6.20 Å². The summed E-state index contributed by atoms with van der Waals surface area (Å²) in [5, 5.41) is 0.683. The molecule has 0 bridgehead atoms. The van der Waals surface area contributed by atoms with Crippen LogP contribution in [-0.4, -0.2) is 4.98 Å². The molecule has 0 saturated heterocycles. The second kappa shape index (κ2) is 3.32. The summed E-state index contributed by atoms with van der Waals surface area (Å²) in [4.78, 5) is 3.96. The van der Waals surface area contributed by atoms with Crippen molar-refractivity contribution in [3.63, 3.8) is 0 Å². The molecule has 1 nitrogen and oxygen atoms in total. The van der Waals surface area contributed by atoms with E-state index in [0.29, 0.717) is 5.03 Å². The van der Waals surface area contributed by atoms with Crippen LogP contribution in [0.1, 0.15) is 5.56 Å². The molecule has 0 aromatic carbocycles. The van der Waals surface area contributed by atoms with Crippen LogP contribution in [0.15, 0.2) is 36.0 Å². The predicted molar refractivity (Wildman–Crippen MR) is 44.0 cm³/mol. The highest BCUT2D eigenvalue weighted by Crippen LogP contribution is 2.09. The SMILES string of the molecule is C=CCc1cccnc1[S]. The van der Waals surface area contributed by atoms with Crippen molar-refractivity contribution >= 4 is 12.6 Å². The smallest absolute Gasteiger partial charge is 0.129 e. The maximum atomic E-state index is 4.96. The number of nitrogens with zero attached hydrogens (tertiary/aromatic N) is 1. The highest BCUT2D eigenvalue weighted by atomic mass is 32.1. The average molecular weight is 150 g/mol. The van der Waals surface area contributed by atoms with Gasteiger partial charge in [0.05, 0.1) is 0 Å². The van der Waals surface area contributed by atoms with E-state index < -0.39 is 0 Å². The third-order valence-corrected chi connectivity index (χ3v) is 1.58. The zero-order chi connectivity index (χ0) is 7.40. The Morgan fingerprint density at radius 3 is 3.10 bits per heavy atom. The first kappa shape index (κ1) is 7.22. The van der Waals surface area contributed by atoms with Crippen LogP contribution in [0.5, 0.6) is 0 Å². The van der Waals surface area contributed by atoms with Crippen LogP contribution in [0.4, 0.5) is 0 Å². The van der Waals surface area contributed by atoms with E-state index in [2.05, 4.69) is 11.6 Å². The van der Waals surface area contributed by atoms with Gasteiger partial charge in [0.1, 0.15) is 5.03 Å². The molecule has 0 unspecified atom stereocenters.